The highest BCUT2D eigenvalue weighted by Gasteiger charge is 2.81. The lowest BCUT2D eigenvalue weighted by molar-refractivity contribution is -0.237. The van der Waals surface area contributed by atoms with Crippen molar-refractivity contribution in [3.05, 3.63) is 23.3 Å². The molecule has 5 N–H and O–H groups in total. The van der Waals surface area contributed by atoms with Gasteiger partial charge in [0.15, 0.2) is 34.7 Å². The standard InChI is InChI=1S/C29H37N3O8/c1-13-14-9-10-15(32-11-7-6-8-12-32)19(33)16(14)20(34)18-24(37)29(40)23(36)17(25(30)38)21(35)22(31(4)5)28(29,3)26(39)27(13,18)2/h9-10,13,17-18,22,26,33,39-40H,6-8,11-12H2,1-5H3,(H2,30,38)/t13-,17?,18?,22+,26-,27+,28+,29+/m0/s1. The van der Waals surface area contributed by atoms with E-state index in [-0.39, 0.29) is 11.3 Å². The number of phenolic OH excluding ortho intramolecular Hbond substituents is 1. The lowest BCUT2D eigenvalue weighted by Gasteiger charge is -2.65. The van der Waals surface area contributed by atoms with Crippen LogP contribution < -0.4 is 10.6 Å². The largest absolute Gasteiger partial charge is 0.505 e. The number of aliphatic hydroxyl groups is 2. The number of piperidine rings is 1. The van der Waals surface area contributed by atoms with Crippen molar-refractivity contribution in [2.75, 3.05) is 32.1 Å². The number of primary amides is 1. The van der Waals surface area contributed by atoms with Gasteiger partial charge in [0.25, 0.3) is 0 Å². The van der Waals surface area contributed by atoms with E-state index in [0.717, 1.165) is 19.3 Å². The third-order valence-electron chi connectivity index (χ3n) is 10.5. The van der Waals surface area contributed by atoms with Gasteiger partial charge in [-0.3, -0.25) is 28.9 Å². The highest BCUT2D eigenvalue weighted by atomic mass is 16.3. The Bertz CT molecular complexity index is 1350. The first kappa shape index (κ1) is 28.4. The van der Waals surface area contributed by atoms with Crippen molar-refractivity contribution in [2.45, 2.75) is 63.7 Å². The maximum Gasteiger partial charge on any atom is 0.235 e. The number of hydrogen-bond donors (Lipinski definition) is 4. The maximum atomic E-state index is 14.4. The summed E-state index contributed by atoms with van der Waals surface area (Å²) in [5, 5.41) is 35.6. The van der Waals surface area contributed by atoms with Crippen LogP contribution >= 0.6 is 0 Å². The number of likely N-dealkylation sites (N-methyl/N-ethyl adjacent to an activating group) is 1. The lowest BCUT2D eigenvalue weighted by atomic mass is 9.39. The average Bonchev–Trinajstić information content (AvgIpc) is 2.89. The molecule has 2 unspecified atom stereocenters. The zero-order valence-electron chi connectivity index (χ0n) is 23.4. The van der Waals surface area contributed by atoms with Crippen LogP contribution in [0.25, 0.3) is 0 Å². The molecule has 1 heterocycles. The minimum absolute atomic E-state index is 0.0826. The fraction of sp³-hybridized carbons (Fsp3) is 0.621. The van der Waals surface area contributed by atoms with E-state index < -0.39 is 75.4 Å². The fourth-order valence-corrected chi connectivity index (χ4v) is 8.32. The maximum absolute atomic E-state index is 14.4. The highest BCUT2D eigenvalue weighted by Crippen LogP contribution is 2.65. The van der Waals surface area contributed by atoms with Gasteiger partial charge >= 0.3 is 0 Å². The monoisotopic (exact) mass is 555 g/mol. The fourth-order valence-electron chi connectivity index (χ4n) is 8.32. The molecule has 0 bridgehead atoms. The van der Waals surface area contributed by atoms with Crippen molar-refractivity contribution >= 4 is 34.7 Å². The van der Waals surface area contributed by atoms with Crippen LogP contribution in [0.2, 0.25) is 0 Å². The predicted octanol–water partition coefficient (Wildman–Crippen LogP) is 0.169. The SMILES string of the molecule is C[C@H]1c2ccc(N3CCCCC3)c(O)c2C(=O)C2C(=O)[C@]3(O)C(=O)C(C(N)=O)C(=O)[C@@H](N(C)C)[C@]3(C)[C@@H](O)[C@@]21C. The molecule has 4 aliphatic rings. The number of benzene rings is 1. The van der Waals surface area contributed by atoms with Crippen LogP contribution in [-0.4, -0.2) is 94.2 Å². The molecule has 1 aromatic carbocycles. The second kappa shape index (κ2) is 8.92. The molecule has 0 aromatic heterocycles. The Morgan fingerprint density at radius 3 is 2.20 bits per heavy atom. The summed E-state index contributed by atoms with van der Waals surface area (Å²) in [6.07, 6.45) is 1.16. The van der Waals surface area contributed by atoms with Crippen molar-refractivity contribution in [1.29, 1.82) is 0 Å². The molecular weight excluding hydrogens is 518 g/mol. The van der Waals surface area contributed by atoms with Crippen molar-refractivity contribution in [3.63, 3.8) is 0 Å². The van der Waals surface area contributed by atoms with Gasteiger partial charge in [-0.05, 0) is 50.9 Å². The minimum atomic E-state index is -3.08. The van der Waals surface area contributed by atoms with Crippen molar-refractivity contribution < 1.29 is 39.3 Å². The Morgan fingerprint density at radius 1 is 1.05 bits per heavy atom. The second-order valence-corrected chi connectivity index (χ2v) is 12.6. The normalized spacial score (nSPS) is 39.6. The van der Waals surface area contributed by atoms with Crippen molar-refractivity contribution in [3.8, 4) is 5.75 Å². The van der Waals surface area contributed by atoms with E-state index in [4.69, 9.17) is 5.73 Å². The highest BCUT2D eigenvalue weighted by molar-refractivity contribution is 6.33. The van der Waals surface area contributed by atoms with Crippen LogP contribution in [0.15, 0.2) is 12.1 Å². The molecular formula is C29H37N3O8. The molecule has 3 fully saturated rings. The van der Waals surface area contributed by atoms with E-state index >= 15 is 0 Å². The average molecular weight is 556 g/mol. The van der Waals surface area contributed by atoms with Gasteiger partial charge in [0.2, 0.25) is 5.91 Å². The molecule has 0 spiro atoms. The Balaban J connectivity index is 1.75. The van der Waals surface area contributed by atoms with Crippen LogP contribution in [0.4, 0.5) is 5.69 Å². The van der Waals surface area contributed by atoms with E-state index in [1.54, 1.807) is 19.1 Å². The Hall–Kier alpha value is -3.15. The summed E-state index contributed by atoms with van der Waals surface area (Å²) < 4.78 is 0. The van der Waals surface area contributed by atoms with E-state index in [1.165, 1.54) is 32.8 Å². The van der Waals surface area contributed by atoms with Gasteiger partial charge in [0, 0.05) is 18.5 Å². The number of nitrogens with two attached hydrogens (primary N) is 1. The van der Waals surface area contributed by atoms with E-state index in [0.29, 0.717) is 24.3 Å². The number of aromatic hydroxyl groups is 1. The van der Waals surface area contributed by atoms with Crippen LogP contribution in [0.5, 0.6) is 5.75 Å². The van der Waals surface area contributed by atoms with Crippen LogP contribution in [0.3, 0.4) is 0 Å². The third kappa shape index (κ3) is 3.14. The molecule has 40 heavy (non-hydrogen) atoms. The number of carbonyl (C=O) groups is 5. The van der Waals surface area contributed by atoms with Gasteiger partial charge in [-0.2, -0.15) is 0 Å². The smallest absolute Gasteiger partial charge is 0.235 e. The molecule has 1 aliphatic heterocycles. The molecule has 1 amide bonds. The third-order valence-corrected chi connectivity index (χ3v) is 10.5. The van der Waals surface area contributed by atoms with Gasteiger partial charge in [-0.1, -0.05) is 26.8 Å². The molecule has 2 saturated carbocycles. The summed E-state index contributed by atoms with van der Waals surface area (Å²) in [7, 11) is 2.94. The Labute approximate surface area is 232 Å². The number of ketones is 4. The van der Waals surface area contributed by atoms with E-state index in [1.807, 2.05) is 4.90 Å². The van der Waals surface area contributed by atoms with E-state index in [9.17, 15) is 39.3 Å². The quantitative estimate of drug-likeness (QED) is 0.376. The summed E-state index contributed by atoms with van der Waals surface area (Å²) in [4.78, 5) is 71.5. The van der Waals surface area contributed by atoms with Gasteiger partial charge < -0.3 is 26.0 Å². The van der Waals surface area contributed by atoms with Gasteiger partial charge in [0.1, 0.15) is 5.75 Å². The Morgan fingerprint density at radius 2 is 1.65 bits per heavy atom. The first-order valence-corrected chi connectivity index (χ1v) is 13.7. The lowest BCUT2D eigenvalue weighted by Crippen LogP contribution is -2.84. The van der Waals surface area contributed by atoms with Crippen molar-refractivity contribution in [1.82, 2.24) is 4.90 Å². The summed E-state index contributed by atoms with van der Waals surface area (Å²) in [6, 6.07) is 1.99. The summed E-state index contributed by atoms with van der Waals surface area (Å²) >= 11 is 0. The minimum Gasteiger partial charge on any atom is -0.505 e. The molecule has 8 atom stereocenters. The van der Waals surface area contributed by atoms with Crippen LogP contribution in [0, 0.1) is 22.7 Å². The molecule has 11 heteroatoms. The topological polar surface area (TPSA) is 179 Å². The predicted molar refractivity (Wildman–Crippen MR) is 143 cm³/mol. The molecule has 1 aromatic rings. The molecule has 3 aliphatic carbocycles. The first-order valence-electron chi connectivity index (χ1n) is 13.7. The summed E-state index contributed by atoms with van der Waals surface area (Å²) in [5.74, 6) is -10.6. The number of hydrogen-bond acceptors (Lipinski definition) is 10. The number of Topliss-reactive ketones (excluding diaryl/α,β-unsaturated/α-hetero) is 4. The number of aliphatic hydroxyl groups excluding tert-OH is 1. The van der Waals surface area contributed by atoms with Crippen LogP contribution in [0.1, 0.15) is 61.9 Å². The van der Waals surface area contributed by atoms with Gasteiger partial charge in [-0.15, -0.1) is 0 Å². The first-order chi connectivity index (χ1) is 18.6. The van der Waals surface area contributed by atoms with Gasteiger partial charge in [-0.25, -0.2) is 0 Å². The number of carbonyl (C=O) groups excluding carboxylic acids is 5. The number of nitrogens with zero attached hydrogens (tertiary/aromatic N) is 2. The zero-order chi connectivity index (χ0) is 29.7. The summed E-state index contributed by atoms with van der Waals surface area (Å²) in [6.45, 7) is 5.91. The molecule has 0 radical (unpaired) electrons. The van der Waals surface area contributed by atoms with Crippen molar-refractivity contribution in [2.24, 2.45) is 28.4 Å². The number of amides is 1. The van der Waals surface area contributed by atoms with Crippen LogP contribution in [-0.2, 0) is 19.2 Å². The Kier molecular flexibility index (Phi) is 6.33. The number of fused-ring (bicyclic) bond motifs is 3. The molecule has 5 rings (SSSR count). The molecule has 216 valence electrons. The summed E-state index contributed by atoms with van der Waals surface area (Å²) in [5.41, 5.74) is -0.576. The number of anilines is 1. The number of rotatable bonds is 3. The molecule has 11 nitrogen and oxygen atoms in total. The van der Waals surface area contributed by atoms with E-state index in [2.05, 4.69) is 0 Å². The van der Waals surface area contributed by atoms with Gasteiger partial charge in [0.05, 0.1) is 34.7 Å². The number of phenols is 1. The second-order valence-electron chi connectivity index (χ2n) is 12.6. The molecule has 1 saturated heterocycles. The zero-order valence-corrected chi connectivity index (χ0v) is 23.4.